The zero-order valence-corrected chi connectivity index (χ0v) is 20.8. The lowest BCUT2D eigenvalue weighted by molar-refractivity contribution is 0.0912. The normalized spacial score (nSPS) is 19.8. The molecule has 0 radical (unpaired) electrons. The fourth-order valence-electron chi connectivity index (χ4n) is 5.65. The molecule has 182 valence electrons. The molecular weight excluding hydrogens is 456 g/mol. The van der Waals surface area contributed by atoms with Crippen molar-refractivity contribution in [1.82, 2.24) is 20.4 Å². The summed E-state index contributed by atoms with van der Waals surface area (Å²) >= 11 is 6.58. The average molecular weight is 489 g/mol. The Hall–Kier alpha value is -2.63. The second kappa shape index (κ2) is 9.79. The van der Waals surface area contributed by atoms with E-state index in [1.807, 2.05) is 24.3 Å². The van der Waals surface area contributed by atoms with Gasteiger partial charge in [0.15, 0.2) is 0 Å². The SMILES string of the molecule is O=C(NC(c1ccccc1)C1CCCCC1)c1cc(-c2cc(C3CC3)n(C3CNC3)n2)ccc1Cl. The molecule has 3 aromatic rings. The molecule has 1 unspecified atom stereocenters. The van der Waals surface area contributed by atoms with E-state index < -0.39 is 0 Å². The van der Waals surface area contributed by atoms with Crippen molar-refractivity contribution in [2.24, 2.45) is 5.92 Å². The van der Waals surface area contributed by atoms with Gasteiger partial charge in [0.2, 0.25) is 0 Å². The molecule has 2 N–H and O–H groups in total. The fraction of sp³-hybridized carbons (Fsp3) is 0.448. The van der Waals surface area contributed by atoms with E-state index in [4.69, 9.17) is 16.7 Å². The van der Waals surface area contributed by atoms with Crippen molar-refractivity contribution < 1.29 is 4.79 Å². The van der Waals surface area contributed by atoms with Crippen LogP contribution >= 0.6 is 11.6 Å². The second-order valence-corrected chi connectivity index (χ2v) is 10.8. The molecule has 6 rings (SSSR count). The fourth-order valence-corrected chi connectivity index (χ4v) is 5.85. The van der Waals surface area contributed by atoms with E-state index >= 15 is 0 Å². The molecule has 2 aliphatic carbocycles. The number of amides is 1. The highest BCUT2D eigenvalue weighted by atomic mass is 35.5. The van der Waals surface area contributed by atoms with Gasteiger partial charge in [0, 0.05) is 30.3 Å². The molecule has 3 fully saturated rings. The standard InChI is InChI=1S/C29H33ClN4O/c30-25-14-13-22(26-16-27(19-11-12-19)34(33-26)23-17-31-18-23)15-24(25)29(35)32-28(20-7-3-1-4-8-20)21-9-5-2-6-10-21/h1,3-4,7-8,13-16,19,21,23,28,31H,2,5-6,9-12,17-18H2,(H,32,35). The molecule has 5 nitrogen and oxygen atoms in total. The van der Waals surface area contributed by atoms with E-state index in [0.29, 0.717) is 28.5 Å². The van der Waals surface area contributed by atoms with E-state index in [1.165, 1.54) is 43.4 Å². The van der Waals surface area contributed by atoms with Gasteiger partial charge in [0.05, 0.1) is 28.4 Å². The molecule has 6 heteroatoms. The summed E-state index contributed by atoms with van der Waals surface area (Å²) in [5, 5.41) is 12.2. The molecule has 2 saturated carbocycles. The molecule has 1 amide bonds. The van der Waals surface area contributed by atoms with E-state index in [9.17, 15) is 4.79 Å². The molecule has 3 aliphatic rings. The Kier molecular flexibility index (Phi) is 6.38. The van der Waals surface area contributed by atoms with Crippen molar-refractivity contribution in [3.8, 4) is 11.3 Å². The molecule has 1 saturated heterocycles. The Morgan fingerprint density at radius 1 is 1.00 bits per heavy atom. The third-order valence-corrected chi connectivity index (χ3v) is 8.27. The zero-order chi connectivity index (χ0) is 23.8. The molecule has 0 spiro atoms. The number of rotatable bonds is 7. The maximum Gasteiger partial charge on any atom is 0.253 e. The van der Waals surface area contributed by atoms with Crippen LogP contribution in [0.4, 0.5) is 0 Å². The number of halogens is 1. The van der Waals surface area contributed by atoms with Crippen LogP contribution in [0.25, 0.3) is 11.3 Å². The zero-order valence-electron chi connectivity index (χ0n) is 20.1. The minimum absolute atomic E-state index is 0.00415. The first-order valence-electron chi connectivity index (χ1n) is 13.1. The van der Waals surface area contributed by atoms with Crippen molar-refractivity contribution in [2.45, 2.75) is 62.9 Å². The maximum atomic E-state index is 13.6. The van der Waals surface area contributed by atoms with Crippen LogP contribution in [0.1, 0.15) is 84.6 Å². The van der Waals surface area contributed by atoms with Crippen molar-refractivity contribution >= 4 is 17.5 Å². The third kappa shape index (κ3) is 4.76. The quantitative estimate of drug-likeness (QED) is 0.411. The Balaban J connectivity index is 1.28. The number of carbonyl (C=O) groups is 1. The predicted molar refractivity (Wildman–Crippen MR) is 140 cm³/mol. The van der Waals surface area contributed by atoms with Crippen molar-refractivity contribution in [2.75, 3.05) is 13.1 Å². The number of aromatic nitrogens is 2. The van der Waals surface area contributed by atoms with Gasteiger partial charge >= 0.3 is 0 Å². The van der Waals surface area contributed by atoms with Crippen LogP contribution in [0.2, 0.25) is 5.02 Å². The minimum atomic E-state index is -0.110. The molecule has 1 aliphatic heterocycles. The van der Waals surface area contributed by atoms with Gasteiger partial charge in [-0.05, 0) is 55.4 Å². The van der Waals surface area contributed by atoms with Crippen molar-refractivity contribution in [1.29, 1.82) is 0 Å². The lowest BCUT2D eigenvalue weighted by Gasteiger charge is -2.31. The molecule has 1 atom stereocenters. The number of benzene rings is 2. The second-order valence-electron chi connectivity index (χ2n) is 10.4. The first-order valence-corrected chi connectivity index (χ1v) is 13.5. The lowest BCUT2D eigenvalue weighted by atomic mass is 9.81. The van der Waals surface area contributed by atoms with Crippen molar-refractivity contribution in [3.63, 3.8) is 0 Å². The monoisotopic (exact) mass is 488 g/mol. The lowest BCUT2D eigenvalue weighted by Crippen LogP contribution is -2.44. The van der Waals surface area contributed by atoms with Crippen LogP contribution in [0, 0.1) is 5.92 Å². The summed E-state index contributed by atoms with van der Waals surface area (Å²) in [5.74, 6) is 0.959. The number of nitrogens with one attached hydrogen (secondary N) is 2. The molecular formula is C29H33ClN4O. The summed E-state index contributed by atoms with van der Waals surface area (Å²) < 4.78 is 2.21. The summed E-state index contributed by atoms with van der Waals surface area (Å²) in [6.45, 7) is 1.94. The number of nitrogens with zero attached hydrogens (tertiary/aromatic N) is 2. The molecule has 2 aromatic carbocycles. The van der Waals surface area contributed by atoms with E-state index in [1.54, 1.807) is 0 Å². The highest BCUT2D eigenvalue weighted by Crippen LogP contribution is 2.43. The van der Waals surface area contributed by atoms with Gasteiger partial charge in [-0.3, -0.25) is 9.48 Å². The molecule has 0 bridgehead atoms. The summed E-state index contributed by atoms with van der Waals surface area (Å²) in [5.41, 5.74) is 4.89. The van der Waals surface area contributed by atoms with Gasteiger partial charge in [0.1, 0.15) is 0 Å². The van der Waals surface area contributed by atoms with Crippen molar-refractivity contribution in [3.05, 3.63) is 76.4 Å². The van der Waals surface area contributed by atoms with Gasteiger partial charge < -0.3 is 10.6 Å². The molecule has 2 heterocycles. The van der Waals surface area contributed by atoms with E-state index in [0.717, 1.165) is 37.2 Å². The number of carbonyl (C=O) groups excluding carboxylic acids is 1. The smallest absolute Gasteiger partial charge is 0.253 e. The average Bonchev–Trinajstić information content (AvgIpc) is 3.62. The van der Waals surface area contributed by atoms with Crippen LogP contribution < -0.4 is 10.6 Å². The summed E-state index contributed by atoms with van der Waals surface area (Å²) in [7, 11) is 0. The summed E-state index contributed by atoms with van der Waals surface area (Å²) in [4.78, 5) is 13.6. The number of hydrogen-bond acceptors (Lipinski definition) is 3. The maximum absolute atomic E-state index is 13.6. The Bertz CT molecular complexity index is 1190. The topological polar surface area (TPSA) is 59.0 Å². The van der Waals surface area contributed by atoms with Gasteiger partial charge in [-0.25, -0.2) is 0 Å². The Morgan fingerprint density at radius 2 is 1.77 bits per heavy atom. The Labute approximate surface area is 212 Å². The van der Waals surface area contributed by atoms with Crippen LogP contribution in [0.15, 0.2) is 54.6 Å². The first kappa shape index (κ1) is 22.8. The summed E-state index contributed by atoms with van der Waals surface area (Å²) in [6.07, 6.45) is 8.50. The molecule has 35 heavy (non-hydrogen) atoms. The highest BCUT2D eigenvalue weighted by Gasteiger charge is 2.33. The predicted octanol–water partition coefficient (Wildman–Crippen LogP) is 6.28. The largest absolute Gasteiger partial charge is 0.345 e. The van der Waals surface area contributed by atoms with Gasteiger partial charge in [-0.15, -0.1) is 0 Å². The van der Waals surface area contributed by atoms with Crippen LogP contribution in [-0.2, 0) is 0 Å². The van der Waals surface area contributed by atoms with Gasteiger partial charge in [-0.2, -0.15) is 5.10 Å². The Morgan fingerprint density at radius 3 is 2.46 bits per heavy atom. The molecule has 1 aromatic heterocycles. The first-order chi connectivity index (χ1) is 17.2. The van der Waals surface area contributed by atoms with Crippen LogP contribution in [0.5, 0.6) is 0 Å². The van der Waals surface area contributed by atoms with Gasteiger partial charge in [-0.1, -0.05) is 67.3 Å². The van der Waals surface area contributed by atoms with Crippen LogP contribution in [0.3, 0.4) is 0 Å². The van der Waals surface area contributed by atoms with Crippen LogP contribution in [-0.4, -0.2) is 28.8 Å². The number of hydrogen-bond donors (Lipinski definition) is 2. The van der Waals surface area contributed by atoms with E-state index in [-0.39, 0.29) is 11.9 Å². The minimum Gasteiger partial charge on any atom is -0.345 e. The third-order valence-electron chi connectivity index (χ3n) is 7.94. The highest BCUT2D eigenvalue weighted by molar-refractivity contribution is 6.34. The summed E-state index contributed by atoms with van der Waals surface area (Å²) in [6, 6.07) is 18.8. The van der Waals surface area contributed by atoms with Gasteiger partial charge in [0.25, 0.3) is 5.91 Å². The van der Waals surface area contributed by atoms with E-state index in [2.05, 4.69) is 45.6 Å².